The second-order valence-corrected chi connectivity index (χ2v) is 10.2. The average molecular weight is 475 g/mol. The van der Waals surface area contributed by atoms with E-state index in [9.17, 15) is 0 Å². The lowest BCUT2D eigenvalue weighted by Gasteiger charge is -2.40. The molecule has 0 N–H and O–H groups in total. The molecule has 2 aliphatic heterocycles. The molecule has 3 aromatic rings. The van der Waals surface area contributed by atoms with Gasteiger partial charge in [0.25, 0.3) is 0 Å². The van der Waals surface area contributed by atoms with Crippen molar-refractivity contribution in [1.82, 2.24) is 19.6 Å². The Kier molecular flexibility index (Phi) is 7.40. The van der Waals surface area contributed by atoms with Crippen LogP contribution in [0.4, 0.5) is 0 Å². The summed E-state index contributed by atoms with van der Waals surface area (Å²) >= 11 is 0. The Hall–Kier alpha value is -2.83. The van der Waals surface area contributed by atoms with Gasteiger partial charge in [-0.1, -0.05) is 36.4 Å². The van der Waals surface area contributed by atoms with Crippen LogP contribution in [0.1, 0.15) is 35.2 Å². The molecule has 2 aliphatic rings. The molecule has 0 saturated carbocycles. The number of ether oxygens (including phenoxy) is 2. The van der Waals surface area contributed by atoms with Gasteiger partial charge in [0.05, 0.1) is 5.69 Å². The Labute approximate surface area is 209 Å². The Balaban J connectivity index is 1.24. The molecule has 1 fully saturated rings. The monoisotopic (exact) mass is 474 g/mol. The summed E-state index contributed by atoms with van der Waals surface area (Å²) < 4.78 is 13.4. The van der Waals surface area contributed by atoms with Crippen molar-refractivity contribution in [3.63, 3.8) is 0 Å². The first-order chi connectivity index (χ1) is 17.0. The number of piperidine rings is 1. The predicted molar refractivity (Wildman–Crippen MR) is 139 cm³/mol. The summed E-state index contributed by atoms with van der Waals surface area (Å²) in [6, 6.07) is 17.9. The first kappa shape index (κ1) is 23.9. The quantitative estimate of drug-likeness (QED) is 0.482. The van der Waals surface area contributed by atoms with Gasteiger partial charge in [0, 0.05) is 37.9 Å². The van der Waals surface area contributed by atoms with Crippen LogP contribution in [0.25, 0.3) is 0 Å². The van der Waals surface area contributed by atoms with Crippen LogP contribution in [0.3, 0.4) is 0 Å². The van der Waals surface area contributed by atoms with Crippen molar-refractivity contribution in [2.24, 2.45) is 13.0 Å². The van der Waals surface area contributed by atoms with Gasteiger partial charge in [0.15, 0.2) is 11.5 Å². The highest BCUT2D eigenvalue weighted by atomic mass is 16.6. The van der Waals surface area contributed by atoms with Gasteiger partial charge in [0.2, 0.25) is 0 Å². The maximum atomic E-state index is 5.79. The van der Waals surface area contributed by atoms with Crippen LogP contribution in [0.5, 0.6) is 11.5 Å². The van der Waals surface area contributed by atoms with Crippen LogP contribution in [0.15, 0.2) is 54.7 Å². The fourth-order valence-electron chi connectivity index (χ4n) is 5.67. The second-order valence-electron chi connectivity index (χ2n) is 10.2. The summed E-state index contributed by atoms with van der Waals surface area (Å²) in [5, 5.41) is 4.56. The normalized spacial score (nSPS) is 17.6. The predicted octanol–water partition coefficient (Wildman–Crippen LogP) is 4.46. The molecule has 1 atom stereocenters. The molecule has 0 spiro atoms. The Morgan fingerprint density at radius 1 is 1.00 bits per heavy atom. The number of nitrogens with zero attached hydrogens (tertiary/aromatic N) is 4. The standard InChI is InChI=1S/C29H38N4O2/c1-22-26(21-32(3)30-22)20-31(2)27(17-23-7-5-4-6-8-23)25-11-13-33(14-12-25)19-24-9-10-28-29(18-24)35-16-15-34-28/h4-10,18,21,25,27H,11-17,19-20H2,1-3H3. The first-order valence-electron chi connectivity index (χ1n) is 12.9. The lowest BCUT2D eigenvalue weighted by atomic mass is 9.84. The summed E-state index contributed by atoms with van der Waals surface area (Å²) in [6.45, 7) is 7.56. The molecule has 6 heteroatoms. The zero-order valence-corrected chi connectivity index (χ0v) is 21.3. The first-order valence-corrected chi connectivity index (χ1v) is 12.9. The highest BCUT2D eigenvalue weighted by molar-refractivity contribution is 5.43. The van der Waals surface area contributed by atoms with Gasteiger partial charge in [-0.2, -0.15) is 5.10 Å². The molecule has 35 heavy (non-hydrogen) atoms. The Morgan fingerprint density at radius 3 is 2.46 bits per heavy atom. The summed E-state index contributed by atoms with van der Waals surface area (Å²) in [6.07, 6.45) is 5.70. The summed E-state index contributed by atoms with van der Waals surface area (Å²) in [4.78, 5) is 5.16. The molecule has 5 rings (SSSR count). The summed E-state index contributed by atoms with van der Waals surface area (Å²) in [5.41, 5.74) is 5.18. The van der Waals surface area contributed by atoms with E-state index in [0.717, 1.165) is 49.8 Å². The van der Waals surface area contributed by atoms with Crippen molar-refractivity contribution < 1.29 is 9.47 Å². The largest absolute Gasteiger partial charge is 0.486 e. The van der Waals surface area contributed by atoms with Gasteiger partial charge in [-0.3, -0.25) is 14.5 Å². The van der Waals surface area contributed by atoms with E-state index in [1.807, 2.05) is 11.7 Å². The van der Waals surface area contributed by atoms with Gasteiger partial charge in [-0.25, -0.2) is 0 Å². The fourth-order valence-corrected chi connectivity index (χ4v) is 5.67. The van der Waals surface area contributed by atoms with Crippen LogP contribution in [0, 0.1) is 12.8 Å². The number of likely N-dealkylation sites (N-methyl/N-ethyl adjacent to an activating group) is 1. The maximum Gasteiger partial charge on any atom is 0.161 e. The van der Waals surface area contributed by atoms with Crippen LogP contribution in [-0.4, -0.2) is 59.0 Å². The lowest BCUT2D eigenvalue weighted by Crippen LogP contribution is -2.45. The molecule has 6 nitrogen and oxygen atoms in total. The van der Waals surface area contributed by atoms with Gasteiger partial charge >= 0.3 is 0 Å². The minimum Gasteiger partial charge on any atom is -0.486 e. The van der Waals surface area contributed by atoms with Crippen molar-refractivity contribution in [3.8, 4) is 11.5 Å². The zero-order valence-electron chi connectivity index (χ0n) is 21.3. The third-order valence-electron chi connectivity index (χ3n) is 7.58. The number of hydrogen-bond acceptors (Lipinski definition) is 5. The van der Waals surface area contributed by atoms with Crippen molar-refractivity contribution in [2.45, 2.75) is 45.3 Å². The van der Waals surface area contributed by atoms with E-state index in [-0.39, 0.29) is 0 Å². The molecular formula is C29H38N4O2. The smallest absolute Gasteiger partial charge is 0.161 e. The van der Waals surface area contributed by atoms with E-state index in [4.69, 9.17) is 9.47 Å². The van der Waals surface area contributed by atoms with Gasteiger partial charge < -0.3 is 9.47 Å². The minimum absolute atomic E-state index is 0.508. The molecule has 1 aromatic heterocycles. The summed E-state index contributed by atoms with van der Waals surface area (Å²) in [7, 11) is 4.30. The second kappa shape index (κ2) is 10.8. The number of likely N-dealkylation sites (tertiary alicyclic amines) is 1. The van der Waals surface area contributed by atoms with Crippen molar-refractivity contribution >= 4 is 0 Å². The number of aromatic nitrogens is 2. The van der Waals surface area contributed by atoms with Gasteiger partial charge in [-0.05, 0) is 75.5 Å². The molecule has 186 valence electrons. The van der Waals surface area contributed by atoms with E-state index in [2.05, 4.69) is 83.6 Å². The van der Waals surface area contributed by atoms with E-state index >= 15 is 0 Å². The molecule has 0 bridgehead atoms. The molecule has 0 radical (unpaired) electrons. The third kappa shape index (κ3) is 5.88. The Bertz CT molecular complexity index is 1110. The summed E-state index contributed by atoms with van der Waals surface area (Å²) in [5.74, 6) is 2.43. The van der Waals surface area contributed by atoms with Crippen molar-refractivity contribution in [2.75, 3.05) is 33.4 Å². The highest BCUT2D eigenvalue weighted by Crippen LogP contribution is 2.32. The van der Waals surface area contributed by atoms with Crippen molar-refractivity contribution in [1.29, 1.82) is 0 Å². The maximum absolute atomic E-state index is 5.79. The van der Waals surface area contributed by atoms with E-state index in [0.29, 0.717) is 25.2 Å². The van der Waals surface area contributed by atoms with E-state index < -0.39 is 0 Å². The molecule has 3 heterocycles. The van der Waals surface area contributed by atoms with E-state index in [1.165, 1.54) is 29.5 Å². The van der Waals surface area contributed by atoms with Crippen LogP contribution < -0.4 is 9.47 Å². The number of benzene rings is 2. The number of aryl methyl sites for hydroxylation is 2. The SMILES string of the molecule is Cc1nn(C)cc1CN(C)C(Cc1ccccc1)C1CCN(Cc2ccc3c(c2)OCCO3)CC1. The molecule has 1 saturated heterocycles. The topological polar surface area (TPSA) is 42.8 Å². The molecule has 0 amide bonds. The lowest BCUT2D eigenvalue weighted by molar-refractivity contribution is 0.0952. The van der Waals surface area contributed by atoms with Crippen LogP contribution in [0.2, 0.25) is 0 Å². The number of fused-ring (bicyclic) bond motifs is 1. The zero-order chi connectivity index (χ0) is 24.2. The third-order valence-corrected chi connectivity index (χ3v) is 7.58. The minimum atomic E-state index is 0.508. The van der Waals surface area contributed by atoms with Gasteiger partial charge in [-0.15, -0.1) is 0 Å². The average Bonchev–Trinajstić information content (AvgIpc) is 3.19. The van der Waals surface area contributed by atoms with Crippen LogP contribution in [-0.2, 0) is 26.6 Å². The highest BCUT2D eigenvalue weighted by Gasteiger charge is 2.30. The number of hydrogen-bond donors (Lipinski definition) is 0. The molecule has 0 aliphatic carbocycles. The van der Waals surface area contributed by atoms with Gasteiger partial charge in [0.1, 0.15) is 13.2 Å². The fraction of sp³-hybridized carbons (Fsp3) is 0.483. The molecular weight excluding hydrogens is 436 g/mol. The Morgan fingerprint density at radius 2 is 1.74 bits per heavy atom. The van der Waals surface area contributed by atoms with E-state index in [1.54, 1.807) is 0 Å². The number of rotatable bonds is 8. The molecule has 1 unspecified atom stereocenters. The van der Waals surface area contributed by atoms with Crippen LogP contribution >= 0.6 is 0 Å². The van der Waals surface area contributed by atoms with Crippen molar-refractivity contribution in [3.05, 3.63) is 77.1 Å². The molecule has 2 aromatic carbocycles.